The first kappa shape index (κ1) is 44.6. The first-order valence-electron chi connectivity index (χ1n) is 21.2. The summed E-state index contributed by atoms with van der Waals surface area (Å²) in [4.78, 5) is 49.8. The molecule has 0 bridgehead atoms. The Hall–Kier alpha value is -5.90. The Labute approximate surface area is 356 Å². The maximum Gasteiger partial charge on any atom is 0.346 e. The lowest BCUT2D eigenvalue weighted by atomic mass is 9.62. The molecule has 2 fully saturated rings. The summed E-state index contributed by atoms with van der Waals surface area (Å²) in [5.74, 6) is -2.34. The summed E-state index contributed by atoms with van der Waals surface area (Å²) < 4.78 is 51.2. The maximum atomic E-state index is 14.9. The lowest BCUT2D eigenvalue weighted by Gasteiger charge is -2.42. The molecule has 6 rings (SSSR count). The second kappa shape index (κ2) is 20.1. The highest BCUT2D eigenvalue weighted by Crippen LogP contribution is 2.49. The highest BCUT2D eigenvalue weighted by atomic mass is 19.1. The Balaban J connectivity index is 1.16. The van der Waals surface area contributed by atoms with Crippen molar-refractivity contribution in [2.45, 2.75) is 103 Å². The molecular weight excluding hydrogens is 779 g/mol. The summed E-state index contributed by atoms with van der Waals surface area (Å²) in [6, 6.07) is 21.5. The van der Waals surface area contributed by atoms with E-state index in [9.17, 15) is 28.0 Å². The molecule has 2 saturated carbocycles. The van der Waals surface area contributed by atoms with Crippen LogP contribution in [0.4, 0.5) is 8.78 Å². The third-order valence-electron chi connectivity index (χ3n) is 12.3. The van der Waals surface area contributed by atoms with Gasteiger partial charge < -0.3 is 18.9 Å². The molecule has 0 unspecified atom stereocenters. The van der Waals surface area contributed by atoms with E-state index in [2.05, 4.69) is 20.1 Å². The summed E-state index contributed by atoms with van der Waals surface area (Å²) in [5.41, 5.74) is 1.33. The third-order valence-corrected chi connectivity index (χ3v) is 12.3. The summed E-state index contributed by atoms with van der Waals surface area (Å²) in [6.07, 6.45) is 14.3. The molecule has 0 radical (unpaired) electrons. The Morgan fingerprint density at radius 2 is 0.902 bits per heavy atom. The van der Waals surface area contributed by atoms with Crippen molar-refractivity contribution >= 4 is 23.9 Å². The average molecular weight is 833 g/mol. The second-order valence-electron chi connectivity index (χ2n) is 16.7. The minimum atomic E-state index is -0.899. The van der Waals surface area contributed by atoms with Crippen molar-refractivity contribution in [3.63, 3.8) is 0 Å². The molecule has 2 aliphatic carbocycles. The molecule has 4 aromatic rings. The zero-order chi connectivity index (χ0) is 43.7. The molecule has 61 heavy (non-hydrogen) atoms. The topological polar surface area (TPSA) is 105 Å². The SMILES string of the molecule is C=C(C)C(=O)Oc1ccc(C(=O)Oc2ccc(C3(c4ccc(OC(=O)c5ccc(OC(=O)C(=C)C)cc5F)cc4)CCC(CCC4CCC(CCC)CC4)CC3)cc2)c(F)c1. The zero-order valence-corrected chi connectivity index (χ0v) is 35.2. The Morgan fingerprint density at radius 1 is 0.541 bits per heavy atom. The summed E-state index contributed by atoms with van der Waals surface area (Å²) >= 11 is 0. The fraction of sp³-hybridized carbons (Fsp3) is 0.373. The lowest BCUT2D eigenvalue weighted by Crippen LogP contribution is -2.33. The van der Waals surface area contributed by atoms with Crippen LogP contribution in [0.3, 0.4) is 0 Å². The van der Waals surface area contributed by atoms with Crippen LogP contribution in [0.2, 0.25) is 0 Å². The molecule has 320 valence electrons. The molecular formula is C51H54F2O8. The van der Waals surface area contributed by atoms with Gasteiger partial charge in [0.25, 0.3) is 0 Å². The van der Waals surface area contributed by atoms with Crippen LogP contribution in [0.15, 0.2) is 109 Å². The van der Waals surface area contributed by atoms with Gasteiger partial charge in [0.05, 0.1) is 11.1 Å². The number of halogens is 2. The number of hydrogen-bond donors (Lipinski definition) is 0. The van der Waals surface area contributed by atoms with E-state index in [1.165, 1.54) is 89.5 Å². The van der Waals surface area contributed by atoms with Gasteiger partial charge in [-0.05, 0) is 117 Å². The molecule has 0 amide bonds. The fourth-order valence-corrected chi connectivity index (χ4v) is 8.74. The first-order chi connectivity index (χ1) is 29.2. The zero-order valence-electron chi connectivity index (χ0n) is 35.2. The van der Waals surface area contributed by atoms with Crippen molar-refractivity contribution in [2.24, 2.45) is 17.8 Å². The standard InChI is InChI=1S/C51H54F2O8/c1-6-7-34-8-10-35(11-9-34)12-13-36-26-28-51(29-27-36,37-14-18-39(19-15-37)58-49(56)43-24-22-41(30-45(43)52)60-47(54)32(2)3)38-16-20-40(21-17-38)59-50(57)44-25-23-42(31-46(44)53)61-48(55)33(4)5/h14-25,30-31,34-36H,2,4,6-13,26-29H2,1,3,5H3. The van der Waals surface area contributed by atoms with Gasteiger partial charge in [0.2, 0.25) is 0 Å². The lowest BCUT2D eigenvalue weighted by molar-refractivity contribution is -0.130. The molecule has 10 heteroatoms. The normalized spacial score (nSPS) is 17.5. The van der Waals surface area contributed by atoms with Gasteiger partial charge >= 0.3 is 23.9 Å². The van der Waals surface area contributed by atoms with Crippen molar-refractivity contribution in [3.05, 3.63) is 143 Å². The van der Waals surface area contributed by atoms with E-state index in [0.29, 0.717) is 5.92 Å². The number of rotatable bonds is 15. The summed E-state index contributed by atoms with van der Waals surface area (Å²) in [6.45, 7) is 12.2. The highest BCUT2D eigenvalue weighted by molar-refractivity contribution is 5.93. The summed E-state index contributed by atoms with van der Waals surface area (Å²) in [5, 5.41) is 0. The molecule has 0 atom stereocenters. The van der Waals surface area contributed by atoms with Crippen LogP contribution in [0.1, 0.15) is 130 Å². The van der Waals surface area contributed by atoms with Crippen molar-refractivity contribution in [1.82, 2.24) is 0 Å². The van der Waals surface area contributed by atoms with Gasteiger partial charge in [0.15, 0.2) is 0 Å². The predicted octanol–water partition coefficient (Wildman–Crippen LogP) is 12.2. The number of hydrogen-bond acceptors (Lipinski definition) is 8. The van der Waals surface area contributed by atoms with Crippen LogP contribution in [-0.2, 0) is 15.0 Å². The largest absolute Gasteiger partial charge is 0.423 e. The van der Waals surface area contributed by atoms with E-state index in [4.69, 9.17) is 18.9 Å². The van der Waals surface area contributed by atoms with Gasteiger partial charge in [-0.25, -0.2) is 28.0 Å². The Kier molecular flexibility index (Phi) is 14.7. The third kappa shape index (κ3) is 11.3. The van der Waals surface area contributed by atoms with Crippen LogP contribution in [0.25, 0.3) is 0 Å². The van der Waals surface area contributed by atoms with Crippen LogP contribution < -0.4 is 18.9 Å². The minimum absolute atomic E-state index is 0.0592. The number of ether oxygens (including phenoxy) is 4. The quantitative estimate of drug-likeness (QED) is 0.0662. The monoisotopic (exact) mass is 832 g/mol. The molecule has 4 aromatic carbocycles. The van der Waals surface area contributed by atoms with Crippen molar-refractivity contribution in [3.8, 4) is 23.0 Å². The predicted molar refractivity (Wildman–Crippen MR) is 229 cm³/mol. The molecule has 0 heterocycles. The number of benzene rings is 4. The second-order valence-corrected chi connectivity index (χ2v) is 16.7. The molecule has 0 N–H and O–H groups in total. The molecule has 0 saturated heterocycles. The Morgan fingerprint density at radius 3 is 1.26 bits per heavy atom. The van der Waals surface area contributed by atoms with Gasteiger partial charge in [-0.15, -0.1) is 0 Å². The van der Waals surface area contributed by atoms with Crippen LogP contribution in [-0.4, -0.2) is 23.9 Å². The van der Waals surface area contributed by atoms with Gasteiger partial charge in [0.1, 0.15) is 34.6 Å². The van der Waals surface area contributed by atoms with E-state index >= 15 is 0 Å². The highest BCUT2D eigenvalue weighted by Gasteiger charge is 2.39. The first-order valence-corrected chi connectivity index (χ1v) is 21.2. The van der Waals surface area contributed by atoms with E-state index in [1.807, 2.05) is 24.3 Å². The molecule has 0 spiro atoms. The minimum Gasteiger partial charge on any atom is -0.423 e. The number of esters is 4. The van der Waals surface area contributed by atoms with Crippen LogP contribution in [0, 0.1) is 29.4 Å². The maximum absolute atomic E-state index is 14.9. The average Bonchev–Trinajstić information content (AvgIpc) is 3.24. The van der Waals surface area contributed by atoms with Crippen LogP contribution >= 0.6 is 0 Å². The summed E-state index contributed by atoms with van der Waals surface area (Å²) in [7, 11) is 0. The molecule has 0 aromatic heterocycles. The van der Waals surface area contributed by atoms with E-state index in [-0.39, 0.29) is 45.3 Å². The van der Waals surface area contributed by atoms with E-state index in [0.717, 1.165) is 60.8 Å². The molecule has 0 aliphatic heterocycles. The fourth-order valence-electron chi connectivity index (χ4n) is 8.74. The van der Waals surface area contributed by atoms with E-state index in [1.54, 1.807) is 24.3 Å². The van der Waals surface area contributed by atoms with E-state index < -0.39 is 40.9 Å². The number of carbonyl (C=O) groups is 4. The van der Waals surface area contributed by atoms with Crippen molar-refractivity contribution in [1.29, 1.82) is 0 Å². The Bertz CT molecular complexity index is 2110. The van der Waals surface area contributed by atoms with Gasteiger partial charge in [-0.2, -0.15) is 0 Å². The smallest absolute Gasteiger partial charge is 0.346 e. The van der Waals surface area contributed by atoms with Crippen LogP contribution in [0.5, 0.6) is 23.0 Å². The van der Waals surface area contributed by atoms with Gasteiger partial charge in [-0.1, -0.05) is 95.7 Å². The van der Waals surface area contributed by atoms with Gasteiger partial charge in [0, 0.05) is 28.7 Å². The number of carbonyl (C=O) groups excluding carboxylic acids is 4. The van der Waals surface area contributed by atoms with Crippen molar-refractivity contribution < 1.29 is 46.9 Å². The van der Waals surface area contributed by atoms with Crippen molar-refractivity contribution in [2.75, 3.05) is 0 Å². The molecule has 8 nitrogen and oxygen atoms in total. The van der Waals surface area contributed by atoms with Gasteiger partial charge in [-0.3, -0.25) is 0 Å². The molecule has 2 aliphatic rings.